The van der Waals surface area contributed by atoms with Gasteiger partial charge < -0.3 is 10.5 Å². The van der Waals surface area contributed by atoms with Crippen LogP contribution in [0.5, 0.6) is 0 Å². The minimum atomic E-state index is -0.446. The van der Waals surface area contributed by atoms with E-state index in [1.54, 1.807) is 24.3 Å². The monoisotopic (exact) mass is 291 g/mol. The predicted octanol–water partition coefficient (Wildman–Crippen LogP) is 3.49. The summed E-state index contributed by atoms with van der Waals surface area (Å²) in [5.74, 6) is -0.160. The molecule has 2 N–H and O–H groups in total. The summed E-state index contributed by atoms with van der Waals surface area (Å²) in [6.07, 6.45) is 0. The van der Waals surface area contributed by atoms with Crippen molar-refractivity contribution in [2.75, 3.05) is 12.8 Å². The maximum atomic E-state index is 12.8. The highest BCUT2D eigenvalue weighted by Crippen LogP contribution is 2.27. The van der Waals surface area contributed by atoms with Crippen LogP contribution in [-0.2, 0) is 10.5 Å². The van der Waals surface area contributed by atoms with Crippen LogP contribution < -0.4 is 5.73 Å². The minimum Gasteiger partial charge on any atom is -0.465 e. The molecule has 0 aliphatic carbocycles. The van der Waals surface area contributed by atoms with Crippen molar-refractivity contribution in [2.45, 2.75) is 10.6 Å². The maximum Gasteiger partial charge on any atom is 0.340 e. The van der Waals surface area contributed by atoms with E-state index in [-0.39, 0.29) is 5.82 Å². The molecule has 0 saturated carbocycles. The molecule has 3 nitrogen and oxygen atoms in total. The molecule has 2 rings (SSSR count). The van der Waals surface area contributed by atoms with E-state index in [4.69, 9.17) is 10.5 Å². The molecule has 0 aliphatic heterocycles. The molecule has 0 heterocycles. The Morgan fingerprint density at radius 2 is 1.95 bits per heavy atom. The van der Waals surface area contributed by atoms with Crippen LogP contribution in [0.15, 0.2) is 47.4 Å². The number of benzene rings is 2. The second-order valence-corrected chi connectivity index (χ2v) is 5.16. The Bertz CT molecular complexity index is 614. The zero-order chi connectivity index (χ0) is 14.5. The molecule has 2 aromatic carbocycles. The summed E-state index contributed by atoms with van der Waals surface area (Å²) in [6.45, 7) is 0. The number of carbonyl (C=O) groups is 1. The van der Waals surface area contributed by atoms with Gasteiger partial charge in [0.1, 0.15) is 5.82 Å². The molecule has 2 aromatic rings. The Hall–Kier alpha value is -2.01. The Kier molecular flexibility index (Phi) is 4.63. The van der Waals surface area contributed by atoms with Gasteiger partial charge >= 0.3 is 5.97 Å². The van der Waals surface area contributed by atoms with Crippen molar-refractivity contribution in [1.82, 2.24) is 0 Å². The van der Waals surface area contributed by atoms with E-state index in [1.807, 2.05) is 6.07 Å². The molecule has 0 spiro atoms. The first-order chi connectivity index (χ1) is 9.61. The number of halogens is 1. The molecule has 0 saturated heterocycles. The topological polar surface area (TPSA) is 52.3 Å². The van der Waals surface area contributed by atoms with Crippen molar-refractivity contribution in [2.24, 2.45) is 0 Å². The summed E-state index contributed by atoms with van der Waals surface area (Å²) in [6, 6.07) is 11.5. The Labute approximate surface area is 120 Å². The van der Waals surface area contributed by atoms with E-state index < -0.39 is 5.97 Å². The maximum absolute atomic E-state index is 12.8. The number of carbonyl (C=O) groups excluding carboxylic acids is 1. The fourth-order valence-electron chi connectivity index (χ4n) is 1.78. The van der Waals surface area contributed by atoms with E-state index in [1.165, 1.54) is 31.0 Å². The second kappa shape index (κ2) is 6.43. The Morgan fingerprint density at radius 1 is 1.25 bits per heavy atom. The number of nitrogens with two attached hydrogens (primary N) is 1. The lowest BCUT2D eigenvalue weighted by atomic mass is 10.1. The number of methoxy groups -OCH3 is 1. The van der Waals surface area contributed by atoms with E-state index in [9.17, 15) is 9.18 Å². The van der Waals surface area contributed by atoms with Gasteiger partial charge in [0.05, 0.1) is 12.7 Å². The van der Waals surface area contributed by atoms with E-state index in [0.717, 1.165) is 10.5 Å². The van der Waals surface area contributed by atoms with Crippen LogP contribution >= 0.6 is 11.8 Å². The largest absolute Gasteiger partial charge is 0.465 e. The summed E-state index contributed by atoms with van der Waals surface area (Å²) >= 11 is 1.50. The summed E-state index contributed by atoms with van der Waals surface area (Å²) < 4.78 is 17.6. The molecule has 104 valence electrons. The van der Waals surface area contributed by atoms with Crippen molar-refractivity contribution >= 4 is 23.4 Å². The highest BCUT2D eigenvalue weighted by molar-refractivity contribution is 7.98. The van der Waals surface area contributed by atoms with Gasteiger partial charge in [-0.1, -0.05) is 12.1 Å². The van der Waals surface area contributed by atoms with Gasteiger partial charge in [-0.05, 0) is 35.9 Å². The lowest BCUT2D eigenvalue weighted by Crippen LogP contribution is -2.09. The molecular formula is C15H14FNO2S. The number of ether oxygens (including phenoxy) is 1. The average molecular weight is 291 g/mol. The first kappa shape index (κ1) is 14.4. The van der Waals surface area contributed by atoms with E-state index in [2.05, 4.69) is 0 Å². The molecular weight excluding hydrogens is 277 g/mol. The van der Waals surface area contributed by atoms with Crippen LogP contribution in [0, 0.1) is 5.82 Å². The van der Waals surface area contributed by atoms with Gasteiger partial charge in [-0.15, -0.1) is 11.8 Å². The molecule has 0 radical (unpaired) electrons. The third kappa shape index (κ3) is 3.30. The van der Waals surface area contributed by atoms with E-state index >= 15 is 0 Å². The number of hydrogen-bond acceptors (Lipinski definition) is 4. The van der Waals surface area contributed by atoms with Crippen molar-refractivity contribution in [3.05, 3.63) is 59.4 Å². The summed E-state index contributed by atoms with van der Waals surface area (Å²) in [4.78, 5) is 12.7. The van der Waals surface area contributed by atoms with Crippen LogP contribution in [0.1, 0.15) is 15.9 Å². The molecule has 0 amide bonds. The fraction of sp³-hybridized carbons (Fsp3) is 0.133. The number of hydrogen-bond donors (Lipinski definition) is 1. The smallest absolute Gasteiger partial charge is 0.340 e. The molecule has 0 fully saturated rings. The predicted molar refractivity (Wildman–Crippen MR) is 78.2 cm³/mol. The zero-order valence-corrected chi connectivity index (χ0v) is 11.7. The van der Waals surface area contributed by atoms with Gasteiger partial charge in [-0.3, -0.25) is 0 Å². The van der Waals surface area contributed by atoms with Crippen LogP contribution in [0.2, 0.25) is 0 Å². The highest BCUT2D eigenvalue weighted by atomic mass is 32.2. The number of thioether (sulfide) groups is 1. The molecule has 5 heteroatoms. The summed E-state index contributed by atoms with van der Waals surface area (Å²) in [5, 5.41) is 0. The van der Waals surface area contributed by atoms with Gasteiger partial charge in [-0.2, -0.15) is 0 Å². The molecule has 0 atom stereocenters. The SMILES string of the molecule is COC(=O)c1c(N)cccc1CSc1ccc(F)cc1. The highest BCUT2D eigenvalue weighted by Gasteiger charge is 2.15. The third-order valence-electron chi connectivity index (χ3n) is 2.78. The molecule has 20 heavy (non-hydrogen) atoms. The van der Waals surface area contributed by atoms with Gasteiger partial charge in [0.15, 0.2) is 0 Å². The summed E-state index contributed by atoms with van der Waals surface area (Å²) in [7, 11) is 1.33. The normalized spacial score (nSPS) is 10.3. The van der Waals surface area contributed by atoms with Crippen LogP contribution in [-0.4, -0.2) is 13.1 Å². The Balaban J connectivity index is 2.19. The second-order valence-electron chi connectivity index (χ2n) is 4.12. The minimum absolute atomic E-state index is 0.270. The molecule has 0 aliphatic rings. The van der Waals surface area contributed by atoms with Crippen molar-refractivity contribution in [3.63, 3.8) is 0 Å². The third-order valence-corrected chi connectivity index (χ3v) is 3.84. The first-order valence-corrected chi connectivity index (χ1v) is 6.94. The van der Waals surface area contributed by atoms with Crippen LogP contribution in [0.3, 0.4) is 0 Å². The number of anilines is 1. The van der Waals surface area contributed by atoms with Crippen molar-refractivity contribution in [1.29, 1.82) is 0 Å². The van der Waals surface area contributed by atoms with Gasteiger partial charge in [0.25, 0.3) is 0 Å². The lowest BCUT2D eigenvalue weighted by molar-refractivity contribution is 0.0601. The lowest BCUT2D eigenvalue weighted by Gasteiger charge is -2.10. The Morgan fingerprint density at radius 3 is 2.60 bits per heavy atom. The van der Waals surface area contributed by atoms with E-state index in [0.29, 0.717) is 17.0 Å². The first-order valence-electron chi connectivity index (χ1n) is 5.96. The van der Waals surface area contributed by atoms with Crippen molar-refractivity contribution < 1.29 is 13.9 Å². The van der Waals surface area contributed by atoms with Gasteiger partial charge in [0, 0.05) is 16.3 Å². The fourth-order valence-corrected chi connectivity index (χ4v) is 2.67. The quantitative estimate of drug-likeness (QED) is 0.532. The van der Waals surface area contributed by atoms with Crippen LogP contribution in [0.4, 0.5) is 10.1 Å². The number of esters is 1. The van der Waals surface area contributed by atoms with Crippen molar-refractivity contribution in [3.8, 4) is 0 Å². The molecule has 0 bridgehead atoms. The summed E-state index contributed by atoms with van der Waals surface area (Å²) in [5.41, 5.74) is 7.41. The standard InChI is InChI=1S/C15H14FNO2S/c1-19-15(18)14-10(3-2-4-13(14)17)9-20-12-7-5-11(16)6-8-12/h2-8H,9,17H2,1H3. The average Bonchev–Trinajstić information content (AvgIpc) is 2.46. The number of rotatable bonds is 4. The zero-order valence-electron chi connectivity index (χ0n) is 10.9. The van der Waals surface area contributed by atoms with Crippen LogP contribution in [0.25, 0.3) is 0 Å². The van der Waals surface area contributed by atoms with Gasteiger partial charge in [-0.25, -0.2) is 9.18 Å². The number of nitrogen functional groups attached to an aromatic ring is 1. The molecule has 0 aromatic heterocycles. The molecule has 0 unspecified atom stereocenters. The van der Waals surface area contributed by atoms with Gasteiger partial charge in [0.2, 0.25) is 0 Å².